The van der Waals surface area contributed by atoms with Crippen LogP contribution in [0.3, 0.4) is 0 Å². The summed E-state index contributed by atoms with van der Waals surface area (Å²) in [7, 11) is 0. The molecule has 4 heterocycles. The maximum atomic E-state index is 12.9. The number of hydrogen-bond acceptors (Lipinski definition) is 5. The number of hydrogen-bond donors (Lipinski definition) is 0. The van der Waals surface area contributed by atoms with Crippen LogP contribution in [0.15, 0.2) is 42.7 Å². The maximum Gasteiger partial charge on any atom is 2.00 e. The van der Waals surface area contributed by atoms with Crippen molar-refractivity contribution in [1.82, 2.24) is 29.7 Å². The van der Waals surface area contributed by atoms with Crippen molar-refractivity contribution in [3.05, 3.63) is 83.8 Å². The summed E-state index contributed by atoms with van der Waals surface area (Å²) in [4.78, 5) is 16.3. The zero-order valence-electron chi connectivity index (χ0n) is 16.9. The first kappa shape index (κ1) is 21.9. The molecule has 0 fully saturated rings. The molecule has 6 nitrogen and oxygen atoms in total. The molecule has 0 amide bonds. The molecule has 0 saturated carbocycles. The van der Waals surface area contributed by atoms with Crippen LogP contribution < -0.4 is 0 Å². The summed E-state index contributed by atoms with van der Waals surface area (Å²) in [5.41, 5.74) is 5.21. The van der Waals surface area contributed by atoms with Crippen molar-refractivity contribution in [3.8, 4) is 16.9 Å². The van der Waals surface area contributed by atoms with Gasteiger partial charge in [-0.2, -0.15) is 16.7 Å². The fraction of sp³-hybridized carbons (Fsp3) is 0.227. The minimum absolute atomic E-state index is 0. The first-order valence-corrected chi connectivity index (χ1v) is 9.15. The third-order valence-electron chi connectivity index (χ3n) is 4.71. The van der Waals surface area contributed by atoms with Gasteiger partial charge < -0.3 is 15.0 Å². The molecule has 4 aromatic rings. The molecule has 8 heteroatoms. The summed E-state index contributed by atoms with van der Waals surface area (Å²) in [6, 6.07) is 13.1. The number of nitrogens with zero attached hydrogens (tertiary/aromatic N) is 6. The SMILES string of the molecule is Cc1[c-]c(-c2cccc(C(C)(C)c3ccn(-c4[c-]nc(F)nc4)n3)n2)cc(C)n1.[Pt+2]. The molecular weight excluding hydrogens is 562 g/mol. The van der Waals surface area contributed by atoms with E-state index in [2.05, 4.69) is 46.2 Å². The van der Waals surface area contributed by atoms with E-state index in [1.807, 2.05) is 44.2 Å². The molecule has 154 valence electrons. The summed E-state index contributed by atoms with van der Waals surface area (Å²) < 4.78 is 14.5. The Hall–Kier alpha value is -2.79. The van der Waals surface area contributed by atoms with Gasteiger partial charge in [0.25, 0.3) is 0 Å². The molecular formula is C22H19FN6Pt. The van der Waals surface area contributed by atoms with E-state index in [1.54, 1.807) is 10.9 Å². The molecule has 0 N–H and O–H groups in total. The number of rotatable bonds is 4. The van der Waals surface area contributed by atoms with Gasteiger partial charge in [-0.3, -0.25) is 9.67 Å². The summed E-state index contributed by atoms with van der Waals surface area (Å²) in [6.45, 7) is 8.00. The second-order valence-electron chi connectivity index (χ2n) is 7.34. The monoisotopic (exact) mass is 581 g/mol. The van der Waals surface area contributed by atoms with Crippen LogP contribution in [0.4, 0.5) is 4.39 Å². The largest absolute Gasteiger partial charge is 2.00 e. The van der Waals surface area contributed by atoms with Gasteiger partial charge in [0.1, 0.15) is 0 Å². The zero-order chi connectivity index (χ0) is 20.6. The van der Waals surface area contributed by atoms with E-state index in [9.17, 15) is 4.39 Å². The van der Waals surface area contributed by atoms with Gasteiger partial charge >= 0.3 is 21.1 Å². The quantitative estimate of drug-likeness (QED) is 0.271. The van der Waals surface area contributed by atoms with E-state index >= 15 is 0 Å². The second kappa shape index (κ2) is 8.52. The third-order valence-corrected chi connectivity index (χ3v) is 4.71. The molecule has 0 aliphatic heterocycles. The molecule has 0 spiro atoms. The van der Waals surface area contributed by atoms with E-state index in [0.717, 1.165) is 34.0 Å². The minimum Gasteiger partial charge on any atom is -0.342 e. The summed E-state index contributed by atoms with van der Waals surface area (Å²) >= 11 is 0. The topological polar surface area (TPSA) is 69.4 Å². The van der Waals surface area contributed by atoms with Gasteiger partial charge in [-0.1, -0.05) is 18.3 Å². The molecule has 0 aliphatic carbocycles. The normalized spacial score (nSPS) is 11.2. The van der Waals surface area contributed by atoms with Crippen LogP contribution >= 0.6 is 0 Å². The van der Waals surface area contributed by atoms with Crippen LogP contribution in [0.25, 0.3) is 16.9 Å². The average Bonchev–Trinajstić information content (AvgIpc) is 3.19. The van der Waals surface area contributed by atoms with Crippen LogP contribution in [-0.2, 0) is 26.5 Å². The average molecular weight is 582 g/mol. The van der Waals surface area contributed by atoms with Crippen molar-refractivity contribution in [3.63, 3.8) is 0 Å². The van der Waals surface area contributed by atoms with Crippen LogP contribution in [0.5, 0.6) is 0 Å². The van der Waals surface area contributed by atoms with Crippen molar-refractivity contribution in [2.24, 2.45) is 0 Å². The van der Waals surface area contributed by atoms with Gasteiger partial charge in [-0.15, -0.1) is 6.07 Å². The van der Waals surface area contributed by atoms with Crippen molar-refractivity contribution < 1.29 is 25.5 Å². The van der Waals surface area contributed by atoms with Gasteiger partial charge in [0, 0.05) is 17.3 Å². The number of aromatic nitrogens is 6. The predicted octanol–water partition coefficient (Wildman–Crippen LogP) is 3.80. The van der Waals surface area contributed by atoms with Crippen molar-refractivity contribution in [2.75, 3.05) is 0 Å². The van der Waals surface area contributed by atoms with E-state index in [-0.39, 0.29) is 21.1 Å². The Labute approximate surface area is 188 Å². The number of halogens is 1. The van der Waals surface area contributed by atoms with Crippen molar-refractivity contribution in [1.29, 1.82) is 0 Å². The minimum atomic E-state index is -0.819. The fourth-order valence-electron chi connectivity index (χ4n) is 3.14. The van der Waals surface area contributed by atoms with Crippen molar-refractivity contribution in [2.45, 2.75) is 33.1 Å². The van der Waals surface area contributed by atoms with Gasteiger partial charge in [0.2, 0.25) is 0 Å². The Kier molecular flexibility index (Phi) is 6.22. The predicted molar refractivity (Wildman–Crippen MR) is 106 cm³/mol. The van der Waals surface area contributed by atoms with Crippen LogP contribution in [0.2, 0.25) is 0 Å². The third kappa shape index (κ3) is 4.36. The first-order chi connectivity index (χ1) is 13.8. The number of aryl methyl sites for hydroxylation is 2. The molecule has 0 radical (unpaired) electrons. The molecule has 0 aromatic carbocycles. The van der Waals surface area contributed by atoms with E-state index in [0.29, 0.717) is 5.69 Å². The molecule has 0 aliphatic rings. The smallest absolute Gasteiger partial charge is 0.342 e. The summed E-state index contributed by atoms with van der Waals surface area (Å²) in [6.07, 6.45) is 4.88. The van der Waals surface area contributed by atoms with E-state index in [4.69, 9.17) is 4.98 Å². The fourth-order valence-corrected chi connectivity index (χ4v) is 3.14. The molecule has 0 atom stereocenters. The Morgan fingerprint density at radius 1 is 1.07 bits per heavy atom. The summed E-state index contributed by atoms with van der Waals surface area (Å²) in [5.74, 6) is 0. The van der Waals surface area contributed by atoms with Gasteiger partial charge in [-0.25, -0.2) is 4.39 Å². The Morgan fingerprint density at radius 2 is 1.87 bits per heavy atom. The molecule has 30 heavy (non-hydrogen) atoms. The number of pyridine rings is 2. The molecule has 4 rings (SSSR count). The Morgan fingerprint density at radius 3 is 2.57 bits per heavy atom. The zero-order valence-corrected chi connectivity index (χ0v) is 19.2. The van der Waals surface area contributed by atoms with Crippen molar-refractivity contribution >= 4 is 0 Å². The summed E-state index contributed by atoms with van der Waals surface area (Å²) in [5, 5.41) is 4.61. The maximum absolute atomic E-state index is 12.9. The van der Waals surface area contributed by atoms with Crippen LogP contribution in [0.1, 0.15) is 36.6 Å². The molecule has 0 saturated heterocycles. The Balaban J connectivity index is 0.00000256. The van der Waals surface area contributed by atoms with Crippen LogP contribution in [-0.4, -0.2) is 29.7 Å². The standard InChI is InChI=1S/C22H19FN6.Pt/c1-14-10-16(11-15(2)26-14)18-6-5-7-19(27-18)22(3,4)20-8-9-29(28-20)17-12-24-21(23)25-13-17;/h5-10,12H,1-4H3;/q-2;+2. The van der Waals surface area contributed by atoms with Crippen LogP contribution in [0, 0.1) is 32.2 Å². The van der Waals surface area contributed by atoms with E-state index < -0.39 is 11.5 Å². The molecule has 0 unspecified atom stereocenters. The first-order valence-electron chi connectivity index (χ1n) is 9.15. The van der Waals surface area contributed by atoms with Gasteiger partial charge in [-0.05, 0) is 68.8 Å². The molecule has 0 bridgehead atoms. The molecule has 4 aromatic heterocycles. The van der Waals surface area contributed by atoms with E-state index in [1.165, 1.54) is 6.20 Å². The van der Waals surface area contributed by atoms with Gasteiger partial charge in [0.05, 0.1) is 5.69 Å². The van der Waals surface area contributed by atoms with Gasteiger partial charge in [0.15, 0.2) is 6.08 Å². The Bertz CT molecular complexity index is 1150. The second-order valence-corrected chi connectivity index (χ2v) is 7.34.